The third-order valence-electron chi connectivity index (χ3n) is 4.92. The zero-order chi connectivity index (χ0) is 22.1. The first-order chi connectivity index (χ1) is 15.6. The van der Waals surface area contributed by atoms with Crippen molar-refractivity contribution in [3.05, 3.63) is 65.8 Å². The Balaban J connectivity index is 1.42. The summed E-state index contributed by atoms with van der Waals surface area (Å²) >= 11 is 1.23. The van der Waals surface area contributed by atoms with Crippen LogP contribution in [0.4, 0.5) is 5.82 Å². The van der Waals surface area contributed by atoms with Gasteiger partial charge in [-0.1, -0.05) is 18.2 Å². The summed E-state index contributed by atoms with van der Waals surface area (Å²) in [5, 5.41) is 8.94. The predicted molar refractivity (Wildman–Crippen MR) is 115 cm³/mol. The maximum absolute atomic E-state index is 12.9. The highest BCUT2D eigenvalue weighted by Gasteiger charge is 2.28. The van der Waals surface area contributed by atoms with E-state index in [2.05, 4.69) is 35.3 Å². The number of carbonyl (C=O) groups excluding carboxylic acids is 3. The molecule has 0 bridgehead atoms. The molecular weight excluding hydrogens is 432 g/mol. The van der Waals surface area contributed by atoms with E-state index in [0.717, 1.165) is 10.1 Å². The van der Waals surface area contributed by atoms with Crippen molar-refractivity contribution in [3.63, 3.8) is 0 Å². The first-order valence-electron chi connectivity index (χ1n) is 9.64. The molecule has 0 aliphatic carbocycles. The number of hydrogen-bond donors (Lipinski definition) is 3. The van der Waals surface area contributed by atoms with E-state index in [1.54, 1.807) is 12.4 Å². The van der Waals surface area contributed by atoms with Gasteiger partial charge in [-0.3, -0.25) is 14.4 Å². The van der Waals surface area contributed by atoms with Crippen LogP contribution in [0.25, 0.3) is 10.1 Å². The molecule has 0 saturated carbocycles. The number of nitrogens with zero attached hydrogens (tertiary/aromatic N) is 5. The summed E-state index contributed by atoms with van der Waals surface area (Å²) in [6.07, 6.45) is 4.58. The molecule has 3 N–H and O–H groups in total. The van der Waals surface area contributed by atoms with E-state index >= 15 is 0 Å². The van der Waals surface area contributed by atoms with Gasteiger partial charge in [0.1, 0.15) is 18.6 Å². The number of carbonyl (C=O) groups is 3. The Morgan fingerprint density at radius 3 is 2.81 bits per heavy atom. The summed E-state index contributed by atoms with van der Waals surface area (Å²) in [6.45, 7) is 0.259. The number of benzene rings is 1. The number of rotatable bonds is 5. The molecule has 1 aliphatic rings. The van der Waals surface area contributed by atoms with Crippen LogP contribution in [0, 0.1) is 0 Å². The summed E-state index contributed by atoms with van der Waals surface area (Å²) in [6, 6.07) is 7.42. The van der Waals surface area contributed by atoms with Gasteiger partial charge in [0.15, 0.2) is 5.82 Å². The van der Waals surface area contributed by atoms with Crippen molar-refractivity contribution in [2.75, 3.05) is 5.32 Å². The zero-order valence-corrected chi connectivity index (χ0v) is 17.3. The molecule has 0 fully saturated rings. The van der Waals surface area contributed by atoms with Gasteiger partial charge in [-0.2, -0.15) is 4.37 Å². The molecule has 0 unspecified atom stereocenters. The van der Waals surface area contributed by atoms with E-state index < -0.39 is 11.8 Å². The van der Waals surface area contributed by atoms with Gasteiger partial charge in [0.25, 0.3) is 11.8 Å². The minimum Gasteiger partial charge on any atom is -0.349 e. The van der Waals surface area contributed by atoms with Crippen molar-refractivity contribution in [1.29, 1.82) is 0 Å². The Bertz CT molecular complexity index is 1350. The van der Waals surface area contributed by atoms with Gasteiger partial charge >= 0.3 is 0 Å². The van der Waals surface area contributed by atoms with Crippen molar-refractivity contribution in [3.8, 4) is 0 Å². The third-order valence-corrected chi connectivity index (χ3v) is 5.75. The van der Waals surface area contributed by atoms with Crippen molar-refractivity contribution in [2.24, 2.45) is 0 Å². The molecule has 0 spiro atoms. The summed E-state index contributed by atoms with van der Waals surface area (Å²) in [7, 11) is 0. The first kappa shape index (κ1) is 19.8. The molecule has 11 nitrogen and oxygen atoms in total. The molecule has 4 aromatic rings. The Hall–Kier alpha value is -4.19. The van der Waals surface area contributed by atoms with Gasteiger partial charge in [0.05, 0.1) is 16.9 Å². The maximum atomic E-state index is 12.9. The number of fused-ring (bicyclic) bond motifs is 2. The molecule has 1 aliphatic heterocycles. The highest BCUT2D eigenvalue weighted by Crippen LogP contribution is 2.25. The van der Waals surface area contributed by atoms with Gasteiger partial charge in [0.2, 0.25) is 11.7 Å². The second-order valence-electron chi connectivity index (χ2n) is 7.00. The fourth-order valence-electron chi connectivity index (χ4n) is 3.39. The average molecular weight is 448 g/mol. The molecule has 160 valence electrons. The van der Waals surface area contributed by atoms with E-state index in [1.807, 2.05) is 24.3 Å². The van der Waals surface area contributed by atoms with Crippen LogP contribution in [0.15, 0.2) is 43.0 Å². The van der Waals surface area contributed by atoms with Crippen molar-refractivity contribution in [2.45, 2.75) is 19.6 Å². The van der Waals surface area contributed by atoms with Crippen LogP contribution >= 0.6 is 11.5 Å². The van der Waals surface area contributed by atoms with Crippen LogP contribution in [0.1, 0.15) is 32.4 Å². The Kier molecular flexibility index (Phi) is 5.03. The number of imidazole rings is 1. The second kappa shape index (κ2) is 8.15. The minimum absolute atomic E-state index is 0.0325. The molecule has 12 heteroatoms. The summed E-state index contributed by atoms with van der Waals surface area (Å²) in [5.74, 6) is -0.924. The predicted octanol–water partition coefficient (Wildman–Crippen LogP) is 1.09. The fraction of sp³-hybridized carbons (Fsp3) is 0.150. The summed E-state index contributed by atoms with van der Waals surface area (Å²) in [4.78, 5) is 49.8. The molecule has 32 heavy (non-hydrogen) atoms. The number of aromatic nitrogens is 5. The molecule has 1 aromatic carbocycles. The number of nitrogens with one attached hydrogen (secondary N) is 3. The number of amides is 3. The van der Waals surface area contributed by atoms with Crippen molar-refractivity contribution in [1.82, 2.24) is 34.5 Å². The van der Waals surface area contributed by atoms with Crippen LogP contribution in [-0.2, 0) is 24.4 Å². The van der Waals surface area contributed by atoms with Gasteiger partial charge in [-0.05, 0) is 17.6 Å². The molecule has 4 heterocycles. The molecular formula is C20H16N8O3S. The largest absolute Gasteiger partial charge is 0.349 e. The lowest BCUT2D eigenvalue weighted by atomic mass is 10.2. The van der Waals surface area contributed by atoms with Gasteiger partial charge in [-0.25, -0.2) is 15.0 Å². The Morgan fingerprint density at radius 2 is 1.97 bits per heavy atom. The topological polar surface area (TPSA) is 144 Å². The molecule has 3 aromatic heterocycles. The maximum Gasteiger partial charge on any atom is 0.287 e. The smallest absolute Gasteiger partial charge is 0.287 e. The van der Waals surface area contributed by atoms with Crippen LogP contribution in [-0.4, -0.2) is 41.6 Å². The van der Waals surface area contributed by atoms with Crippen LogP contribution in [0.2, 0.25) is 0 Å². The average Bonchev–Trinajstić information content (AvgIpc) is 3.40. The summed E-state index contributed by atoms with van der Waals surface area (Å²) in [5.41, 5.74) is 1.53. The number of anilines is 1. The standard InChI is InChI=1S/C20H16N8O3S/c29-15-9-28-13(8-23-15)17(25-18(28)20(31)24-7-11-5-21-10-22-6-11)26-19(30)16-12-3-1-2-4-14(12)32-27-16/h1-6,10H,7-9H2,(H,23,29)(H,24,31)(H,26,30). The second-order valence-corrected chi connectivity index (χ2v) is 7.81. The molecule has 5 rings (SSSR count). The number of hydrogen-bond acceptors (Lipinski definition) is 8. The Morgan fingerprint density at radius 1 is 1.16 bits per heavy atom. The van der Waals surface area contributed by atoms with E-state index in [4.69, 9.17) is 0 Å². The van der Waals surface area contributed by atoms with Gasteiger partial charge < -0.3 is 20.5 Å². The molecule has 0 radical (unpaired) electrons. The third kappa shape index (κ3) is 3.67. The van der Waals surface area contributed by atoms with Crippen LogP contribution in [0.5, 0.6) is 0 Å². The molecule has 0 atom stereocenters. The lowest BCUT2D eigenvalue weighted by molar-refractivity contribution is -0.122. The van der Waals surface area contributed by atoms with Crippen molar-refractivity contribution >= 4 is 45.2 Å². The SMILES string of the molecule is O=C1Cn2c(C(=O)NCc3cncnc3)nc(NC(=O)c3nsc4ccccc34)c2CN1. The van der Waals surface area contributed by atoms with Gasteiger partial charge in [0, 0.05) is 29.9 Å². The molecule has 3 amide bonds. The van der Waals surface area contributed by atoms with E-state index in [9.17, 15) is 14.4 Å². The fourth-order valence-corrected chi connectivity index (χ4v) is 4.16. The highest BCUT2D eigenvalue weighted by molar-refractivity contribution is 7.13. The summed E-state index contributed by atoms with van der Waals surface area (Å²) < 4.78 is 6.65. The van der Waals surface area contributed by atoms with Crippen LogP contribution < -0.4 is 16.0 Å². The normalized spacial score (nSPS) is 12.8. The zero-order valence-electron chi connectivity index (χ0n) is 16.5. The minimum atomic E-state index is -0.482. The lowest BCUT2D eigenvalue weighted by Gasteiger charge is -2.17. The first-order valence-corrected chi connectivity index (χ1v) is 10.4. The highest BCUT2D eigenvalue weighted by atomic mass is 32.1. The lowest BCUT2D eigenvalue weighted by Crippen LogP contribution is -2.37. The van der Waals surface area contributed by atoms with Crippen molar-refractivity contribution < 1.29 is 14.4 Å². The van der Waals surface area contributed by atoms with E-state index in [0.29, 0.717) is 11.3 Å². The Labute approximate surface area is 185 Å². The molecule has 0 saturated heterocycles. The quantitative estimate of drug-likeness (QED) is 0.415. The monoisotopic (exact) mass is 448 g/mol. The van der Waals surface area contributed by atoms with Gasteiger partial charge in [-0.15, -0.1) is 0 Å². The van der Waals surface area contributed by atoms with Crippen LogP contribution in [0.3, 0.4) is 0 Å². The van der Waals surface area contributed by atoms with E-state index in [-0.39, 0.29) is 42.9 Å². The van der Waals surface area contributed by atoms with E-state index in [1.165, 1.54) is 22.4 Å².